The Morgan fingerprint density at radius 2 is 1.89 bits per heavy atom. The zero-order valence-corrected chi connectivity index (χ0v) is 12.1. The first-order chi connectivity index (χ1) is 8.13. The van der Waals surface area contributed by atoms with E-state index in [4.69, 9.17) is 0 Å². The van der Waals surface area contributed by atoms with Crippen LogP contribution in [0.5, 0.6) is 0 Å². The van der Waals surface area contributed by atoms with Crippen LogP contribution in [0.25, 0.3) is 0 Å². The van der Waals surface area contributed by atoms with Crippen LogP contribution < -0.4 is 10.6 Å². The molecule has 4 heteroatoms. The summed E-state index contributed by atoms with van der Waals surface area (Å²) in [5.41, 5.74) is 2.37. The minimum Gasteiger partial charge on any atom is -0.351 e. The molecule has 0 bridgehead atoms. The van der Waals surface area contributed by atoms with Crippen molar-refractivity contribution in [3.8, 4) is 0 Å². The largest absolute Gasteiger partial charge is 0.351 e. The lowest BCUT2D eigenvalue weighted by Crippen LogP contribution is -2.42. The first-order valence-corrected chi connectivity index (χ1v) is 6.20. The van der Waals surface area contributed by atoms with Gasteiger partial charge in [0.15, 0.2) is 0 Å². The number of carbonyl (C=O) groups is 1. The molecule has 1 aromatic rings. The SMILES string of the molecule is CCCNC(C)C(=O)NCc1ccc(C)cc1.Cl. The fraction of sp³-hybridized carbons (Fsp3) is 0.500. The second-order valence-electron chi connectivity index (χ2n) is 4.38. The second kappa shape index (κ2) is 8.95. The van der Waals surface area contributed by atoms with E-state index in [0.717, 1.165) is 18.5 Å². The van der Waals surface area contributed by atoms with Gasteiger partial charge in [0, 0.05) is 6.54 Å². The van der Waals surface area contributed by atoms with Crippen LogP contribution in [0.3, 0.4) is 0 Å². The molecule has 0 fully saturated rings. The maximum absolute atomic E-state index is 11.7. The molecule has 0 saturated heterocycles. The fourth-order valence-corrected chi connectivity index (χ4v) is 1.50. The van der Waals surface area contributed by atoms with Crippen LogP contribution >= 0.6 is 12.4 Å². The maximum atomic E-state index is 11.7. The smallest absolute Gasteiger partial charge is 0.237 e. The van der Waals surface area contributed by atoms with Gasteiger partial charge >= 0.3 is 0 Å². The average molecular weight is 271 g/mol. The monoisotopic (exact) mass is 270 g/mol. The van der Waals surface area contributed by atoms with Gasteiger partial charge in [-0.05, 0) is 32.4 Å². The number of amides is 1. The topological polar surface area (TPSA) is 41.1 Å². The van der Waals surface area contributed by atoms with Gasteiger partial charge in [-0.1, -0.05) is 36.8 Å². The lowest BCUT2D eigenvalue weighted by Gasteiger charge is -2.13. The Hall–Kier alpha value is -1.06. The number of benzene rings is 1. The van der Waals surface area contributed by atoms with Crippen molar-refractivity contribution < 1.29 is 4.79 Å². The van der Waals surface area contributed by atoms with E-state index < -0.39 is 0 Å². The van der Waals surface area contributed by atoms with Gasteiger partial charge in [-0.15, -0.1) is 12.4 Å². The molecule has 2 N–H and O–H groups in total. The number of carbonyl (C=O) groups excluding carboxylic acids is 1. The van der Waals surface area contributed by atoms with Crippen LogP contribution in [0.4, 0.5) is 0 Å². The number of hydrogen-bond acceptors (Lipinski definition) is 2. The van der Waals surface area contributed by atoms with Crippen molar-refractivity contribution in [2.45, 2.75) is 39.8 Å². The highest BCUT2D eigenvalue weighted by atomic mass is 35.5. The molecule has 1 atom stereocenters. The molecule has 0 spiro atoms. The zero-order valence-electron chi connectivity index (χ0n) is 11.3. The summed E-state index contributed by atoms with van der Waals surface area (Å²) < 4.78 is 0. The highest BCUT2D eigenvalue weighted by Crippen LogP contribution is 2.02. The van der Waals surface area contributed by atoms with Gasteiger partial charge < -0.3 is 10.6 Å². The van der Waals surface area contributed by atoms with Crippen molar-refractivity contribution in [1.82, 2.24) is 10.6 Å². The van der Waals surface area contributed by atoms with Crippen molar-refractivity contribution in [2.24, 2.45) is 0 Å². The number of hydrogen-bond donors (Lipinski definition) is 2. The molecule has 1 aromatic carbocycles. The van der Waals surface area contributed by atoms with E-state index in [2.05, 4.69) is 36.6 Å². The third-order valence-electron chi connectivity index (χ3n) is 2.68. The average Bonchev–Trinajstić information content (AvgIpc) is 2.34. The molecular weight excluding hydrogens is 248 g/mol. The Labute approximate surface area is 116 Å². The van der Waals surface area contributed by atoms with E-state index in [1.165, 1.54) is 5.56 Å². The quantitative estimate of drug-likeness (QED) is 0.834. The van der Waals surface area contributed by atoms with Crippen molar-refractivity contribution >= 4 is 18.3 Å². The number of rotatable bonds is 6. The lowest BCUT2D eigenvalue weighted by molar-refractivity contribution is -0.122. The van der Waals surface area contributed by atoms with E-state index >= 15 is 0 Å². The molecule has 102 valence electrons. The molecule has 3 nitrogen and oxygen atoms in total. The summed E-state index contributed by atoms with van der Waals surface area (Å²) in [4.78, 5) is 11.7. The number of halogens is 1. The Bertz CT molecular complexity index is 351. The molecule has 1 rings (SSSR count). The molecule has 1 amide bonds. The van der Waals surface area contributed by atoms with Crippen LogP contribution in [-0.4, -0.2) is 18.5 Å². The highest BCUT2D eigenvalue weighted by molar-refractivity contribution is 5.85. The standard InChI is InChI=1S/C14H22N2O.ClH/c1-4-9-15-12(3)14(17)16-10-13-7-5-11(2)6-8-13;/h5-8,12,15H,4,9-10H2,1-3H3,(H,16,17);1H. The number of nitrogens with one attached hydrogen (secondary N) is 2. The van der Waals surface area contributed by atoms with Gasteiger partial charge in [0.1, 0.15) is 0 Å². The van der Waals surface area contributed by atoms with E-state index in [-0.39, 0.29) is 24.4 Å². The Morgan fingerprint density at radius 1 is 1.28 bits per heavy atom. The van der Waals surface area contributed by atoms with Crippen LogP contribution in [0.15, 0.2) is 24.3 Å². The molecule has 0 radical (unpaired) electrons. The summed E-state index contributed by atoms with van der Waals surface area (Å²) in [5, 5.41) is 6.09. The molecule has 0 heterocycles. The molecular formula is C14H23ClN2O. The summed E-state index contributed by atoms with van der Waals surface area (Å²) in [6.07, 6.45) is 1.04. The maximum Gasteiger partial charge on any atom is 0.237 e. The van der Waals surface area contributed by atoms with E-state index in [1.807, 2.05) is 19.1 Å². The van der Waals surface area contributed by atoms with Gasteiger partial charge in [0.05, 0.1) is 6.04 Å². The Morgan fingerprint density at radius 3 is 2.44 bits per heavy atom. The number of aryl methyl sites for hydroxylation is 1. The normalized spacial score (nSPS) is 11.5. The van der Waals surface area contributed by atoms with Gasteiger partial charge in [-0.2, -0.15) is 0 Å². The second-order valence-corrected chi connectivity index (χ2v) is 4.38. The third-order valence-corrected chi connectivity index (χ3v) is 2.68. The first-order valence-electron chi connectivity index (χ1n) is 6.20. The van der Waals surface area contributed by atoms with Crippen LogP contribution in [0.1, 0.15) is 31.4 Å². The molecule has 0 saturated carbocycles. The fourth-order valence-electron chi connectivity index (χ4n) is 1.50. The molecule has 0 aromatic heterocycles. The van der Waals surface area contributed by atoms with E-state index in [9.17, 15) is 4.79 Å². The summed E-state index contributed by atoms with van der Waals surface area (Å²) in [6, 6.07) is 8.07. The van der Waals surface area contributed by atoms with Crippen LogP contribution in [-0.2, 0) is 11.3 Å². The minimum atomic E-state index is -0.125. The van der Waals surface area contributed by atoms with Crippen LogP contribution in [0.2, 0.25) is 0 Å². The van der Waals surface area contributed by atoms with Crippen molar-refractivity contribution in [3.63, 3.8) is 0 Å². The Kier molecular flexibility index (Phi) is 8.42. The van der Waals surface area contributed by atoms with Crippen molar-refractivity contribution in [1.29, 1.82) is 0 Å². The van der Waals surface area contributed by atoms with Crippen molar-refractivity contribution in [2.75, 3.05) is 6.54 Å². The lowest BCUT2D eigenvalue weighted by atomic mass is 10.1. The van der Waals surface area contributed by atoms with Gasteiger partial charge in [-0.3, -0.25) is 4.79 Å². The molecule has 18 heavy (non-hydrogen) atoms. The van der Waals surface area contributed by atoms with Gasteiger partial charge in [0.2, 0.25) is 5.91 Å². The first kappa shape index (κ1) is 16.9. The molecule has 0 aliphatic heterocycles. The highest BCUT2D eigenvalue weighted by Gasteiger charge is 2.10. The minimum absolute atomic E-state index is 0. The predicted octanol–water partition coefficient (Wildman–Crippen LogP) is 2.42. The predicted molar refractivity (Wildman–Crippen MR) is 78.0 cm³/mol. The van der Waals surface area contributed by atoms with Crippen molar-refractivity contribution in [3.05, 3.63) is 35.4 Å². The summed E-state index contributed by atoms with van der Waals surface area (Å²) >= 11 is 0. The van der Waals surface area contributed by atoms with Gasteiger partial charge in [-0.25, -0.2) is 0 Å². The molecule has 0 aliphatic rings. The third kappa shape index (κ3) is 6.03. The zero-order chi connectivity index (χ0) is 12.7. The Balaban J connectivity index is 0.00000289. The van der Waals surface area contributed by atoms with E-state index in [0.29, 0.717) is 6.54 Å². The van der Waals surface area contributed by atoms with Gasteiger partial charge in [0.25, 0.3) is 0 Å². The summed E-state index contributed by atoms with van der Waals surface area (Å²) in [6.45, 7) is 7.50. The summed E-state index contributed by atoms with van der Waals surface area (Å²) in [7, 11) is 0. The molecule has 1 unspecified atom stereocenters. The summed E-state index contributed by atoms with van der Waals surface area (Å²) in [5.74, 6) is 0.0547. The van der Waals surface area contributed by atoms with Crippen LogP contribution in [0, 0.1) is 6.92 Å². The van der Waals surface area contributed by atoms with E-state index in [1.54, 1.807) is 0 Å². The molecule has 0 aliphatic carbocycles.